The van der Waals surface area contributed by atoms with Crippen molar-refractivity contribution in [1.82, 2.24) is 10.6 Å². The van der Waals surface area contributed by atoms with Crippen molar-refractivity contribution >= 4 is 42.2 Å². The average Bonchev–Trinajstić information content (AvgIpc) is 2.52. The van der Waals surface area contributed by atoms with Crippen molar-refractivity contribution < 1.29 is 24.6 Å². The monoisotopic (exact) mass is 381 g/mol. The van der Waals surface area contributed by atoms with E-state index in [1.807, 2.05) is 6.92 Å². The Labute approximate surface area is 151 Å². The van der Waals surface area contributed by atoms with Crippen molar-refractivity contribution in [3.8, 4) is 0 Å². The highest BCUT2D eigenvalue weighted by molar-refractivity contribution is 8.10. The molecule has 24 heavy (non-hydrogen) atoms. The number of hydrogen-bond acceptors (Lipinski definition) is 7. The third-order valence-electron chi connectivity index (χ3n) is 3.19. The van der Waals surface area contributed by atoms with E-state index >= 15 is 0 Å². The number of nitrogens with two attached hydrogens (primary N) is 1. The zero-order chi connectivity index (χ0) is 18.7. The van der Waals surface area contributed by atoms with E-state index in [9.17, 15) is 19.5 Å². The summed E-state index contributed by atoms with van der Waals surface area (Å²) in [6.07, 6.45) is 0.190. The van der Waals surface area contributed by atoms with Gasteiger partial charge in [-0.3, -0.25) is 14.4 Å². The van der Waals surface area contributed by atoms with E-state index in [4.69, 9.17) is 10.8 Å². The molecule has 0 aromatic carbocycles. The zero-order valence-corrected chi connectivity index (χ0v) is 15.6. The third-order valence-corrected chi connectivity index (χ3v) is 4.64. The maximum atomic E-state index is 12.0. The summed E-state index contributed by atoms with van der Waals surface area (Å²) < 4.78 is -0.0372. The van der Waals surface area contributed by atoms with Crippen LogP contribution < -0.4 is 16.4 Å². The molecular weight excluding hydrogens is 354 g/mol. The lowest BCUT2D eigenvalue weighted by molar-refractivity contribution is -0.138. The quantitative estimate of drug-likeness (QED) is 0.199. The number of carbonyl (C=O) groups excluding carboxylic acids is 2. The van der Waals surface area contributed by atoms with Crippen molar-refractivity contribution in [1.29, 1.82) is 0 Å². The van der Waals surface area contributed by atoms with Gasteiger partial charge in [0.2, 0.25) is 11.8 Å². The predicted molar refractivity (Wildman–Crippen MR) is 97.0 cm³/mol. The molecule has 10 heteroatoms. The number of carbonyl (C=O) groups is 3. The van der Waals surface area contributed by atoms with Crippen LogP contribution in [0, 0.1) is 0 Å². The van der Waals surface area contributed by atoms with Gasteiger partial charge in [-0.2, -0.15) is 12.6 Å². The molecule has 0 heterocycles. The van der Waals surface area contributed by atoms with E-state index in [1.54, 1.807) is 6.92 Å². The Kier molecular flexibility index (Phi) is 11.9. The van der Waals surface area contributed by atoms with E-state index in [0.717, 1.165) is 0 Å². The molecule has 0 saturated heterocycles. The van der Waals surface area contributed by atoms with Gasteiger partial charge in [-0.25, -0.2) is 0 Å². The maximum absolute atomic E-state index is 12.0. The second-order valence-electron chi connectivity index (χ2n) is 5.34. The van der Waals surface area contributed by atoms with Crippen molar-refractivity contribution in [2.75, 3.05) is 12.3 Å². The van der Waals surface area contributed by atoms with E-state index in [2.05, 4.69) is 23.3 Å². The Hall–Kier alpha value is -0.970. The van der Waals surface area contributed by atoms with Crippen molar-refractivity contribution in [2.45, 2.75) is 55.9 Å². The van der Waals surface area contributed by atoms with Crippen LogP contribution in [0.2, 0.25) is 0 Å². The Balaban J connectivity index is 4.53. The summed E-state index contributed by atoms with van der Waals surface area (Å²) >= 11 is 5.55. The SMILES string of the molecule is CCC(O)[C@@H](N)CCC(=O)N[C@@H](CSC(C)S)C(=O)NCC(=O)O. The summed E-state index contributed by atoms with van der Waals surface area (Å²) in [5.41, 5.74) is 5.76. The smallest absolute Gasteiger partial charge is 0.322 e. The first-order chi connectivity index (χ1) is 11.2. The molecular formula is C14H27N3O5S2. The van der Waals surface area contributed by atoms with Crippen molar-refractivity contribution in [3.63, 3.8) is 0 Å². The number of aliphatic hydroxyl groups is 1. The predicted octanol–water partition coefficient (Wildman–Crippen LogP) is -0.441. The second-order valence-corrected chi connectivity index (χ2v) is 7.84. The molecule has 0 aliphatic rings. The Morgan fingerprint density at radius 1 is 1.33 bits per heavy atom. The Bertz CT molecular complexity index is 423. The van der Waals surface area contributed by atoms with Crippen LogP contribution in [0.15, 0.2) is 0 Å². The van der Waals surface area contributed by atoms with Crippen LogP contribution in [0.25, 0.3) is 0 Å². The van der Waals surface area contributed by atoms with Gasteiger partial charge in [-0.05, 0) is 19.8 Å². The molecule has 0 aromatic rings. The summed E-state index contributed by atoms with van der Waals surface area (Å²) in [7, 11) is 0. The first-order valence-corrected chi connectivity index (χ1v) is 9.26. The van der Waals surface area contributed by atoms with E-state index < -0.39 is 36.6 Å². The van der Waals surface area contributed by atoms with Crippen LogP contribution >= 0.6 is 24.4 Å². The fraction of sp³-hybridized carbons (Fsp3) is 0.786. The van der Waals surface area contributed by atoms with E-state index in [1.165, 1.54) is 11.8 Å². The van der Waals surface area contributed by atoms with Crippen LogP contribution in [0.4, 0.5) is 0 Å². The highest BCUT2D eigenvalue weighted by atomic mass is 32.2. The van der Waals surface area contributed by atoms with Gasteiger partial charge in [-0.15, -0.1) is 11.8 Å². The number of nitrogens with one attached hydrogen (secondary N) is 2. The van der Waals surface area contributed by atoms with Crippen LogP contribution in [-0.4, -0.2) is 63.1 Å². The van der Waals surface area contributed by atoms with Crippen LogP contribution in [0.1, 0.15) is 33.1 Å². The minimum atomic E-state index is -1.16. The van der Waals surface area contributed by atoms with Crippen molar-refractivity contribution in [2.24, 2.45) is 5.73 Å². The van der Waals surface area contributed by atoms with Gasteiger partial charge in [0.1, 0.15) is 12.6 Å². The number of rotatable bonds is 12. The third kappa shape index (κ3) is 10.7. The number of thioether (sulfide) groups is 1. The molecule has 0 bridgehead atoms. The number of carboxylic acids is 1. The second kappa shape index (κ2) is 12.4. The molecule has 140 valence electrons. The van der Waals surface area contributed by atoms with E-state index in [0.29, 0.717) is 12.8 Å². The van der Waals surface area contributed by atoms with Crippen LogP contribution in [0.3, 0.4) is 0 Å². The van der Waals surface area contributed by atoms with Gasteiger partial charge >= 0.3 is 5.97 Å². The molecule has 2 unspecified atom stereocenters. The van der Waals surface area contributed by atoms with Gasteiger partial charge in [-0.1, -0.05) is 6.92 Å². The zero-order valence-electron chi connectivity index (χ0n) is 13.9. The molecule has 2 amide bonds. The number of aliphatic carboxylic acids is 1. The largest absolute Gasteiger partial charge is 0.480 e. The Morgan fingerprint density at radius 3 is 2.46 bits per heavy atom. The first kappa shape index (κ1) is 23.0. The molecule has 0 aliphatic carbocycles. The first-order valence-electron chi connectivity index (χ1n) is 7.69. The minimum absolute atomic E-state index is 0.0372. The lowest BCUT2D eigenvalue weighted by Crippen LogP contribution is -2.49. The number of amides is 2. The molecule has 0 aromatic heterocycles. The molecule has 8 nitrogen and oxygen atoms in total. The van der Waals surface area contributed by atoms with Gasteiger partial charge < -0.3 is 26.6 Å². The molecule has 0 fully saturated rings. The minimum Gasteiger partial charge on any atom is -0.480 e. The molecule has 4 atom stereocenters. The number of aliphatic hydroxyl groups excluding tert-OH is 1. The van der Waals surface area contributed by atoms with Gasteiger partial charge in [0.15, 0.2) is 0 Å². The van der Waals surface area contributed by atoms with Crippen molar-refractivity contribution in [3.05, 3.63) is 0 Å². The molecule has 0 radical (unpaired) electrons. The lowest BCUT2D eigenvalue weighted by Gasteiger charge is -2.20. The molecule has 0 aliphatic heterocycles. The molecule has 0 spiro atoms. The average molecular weight is 382 g/mol. The Morgan fingerprint density at radius 2 is 1.96 bits per heavy atom. The van der Waals surface area contributed by atoms with Gasteiger partial charge in [0, 0.05) is 22.8 Å². The highest BCUT2D eigenvalue weighted by Gasteiger charge is 2.22. The van der Waals surface area contributed by atoms with Gasteiger partial charge in [0.25, 0.3) is 0 Å². The molecule has 6 N–H and O–H groups in total. The molecule has 0 rings (SSSR count). The van der Waals surface area contributed by atoms with E-state index in [-0.39, 0.29) is 22.7 Å². The fourth-order valence-electron chi connectivity index (χ4n) is 1.76. The summed E-state index contributed by atoms with van der Waals surface area (Å²) in [6.45, 7) is 3.11. The molecule has 0 saturated carbocycles. The van der Waals surface area contributed by atoms with Crippen LogP contribution in [-0.2, 0) is 14.4 Å². The summed E-state index contributed by atoms with van der Waals surface area (Å²) in [4.78, 5) is 34.5. The standard InChI is InChI=1S/C14H27N3O5S2/c1-3-11(18)9(15)4-5-12(19)17-10(7-24-8(2)23)14(22)16-6-13(20)21/h8-11,18,23H,3-7,15H2,1-2H3,(H,16,22)(H,17,19)(H,20,21)/t8?,9-,10-,11?/m0/s1. The van der Waals surface area contributed by atoms with Crippen LogP contribution in [0.5, 0.6) is 0 Å². The maximum Gasteiger partial charge on any atom is 0.322 e. The summed E-state index contributed by atoms with van der Waals surface area (Å²) in [6, 6.07) is -1.37. The topological polar surface area (TPSA) is 142 Å². The highest BCUT2D eigenvalue weighted by Crippen LogP contribution is 2.15. The number of thiol groups is 1. The number of carboxylic acid groups (broad SMARTS) is 1. The normalized spacial score (nSPS) is 15.9. The lowest BCUT2D eigenvalue weighted by atomic mass is 10.0. The number of hydrogen-bond donors (Lipinski definition) is 6. The summed E-state index contributed by atoms with van der Waals surface area (Å²) in [5, 5.41) is 23.0. The van der Waals surface area contributed by atoms with Gasteiger partial charge in [0.05, 0.1) is 6.10 Å². The fourth-order valence-corrected chi connectivity index (χ4v) is 2.73. The summed E-state index contributed by atoms with van der Waals surface area (Å²) in [5.74, 6) is -1.84.